The highest BCUT2D eigenvalue weighted by molar-refractivity contribution is 6.32. The zero-order valence-electron chi connectivity index (χ0n) is 12.1. The number of nitrogens with one attached hydrogen (secondary N) is 1. The molecule has 0 bridgehead atoms. The van der Waals surface area contributed by atoms with Gasteiger partial charge in [-0.25, -0.2) is 0 Å². The maximum Gasteiger partial charge on any atom is 0.256 e. The summed E-state index contributed by atoms with van der Waals surface area (Å²) >= 11 is 6.15. The molecular formula is C17H14ClNO3. The molecule has 112 valence electrons. The molecule has 0 unspecified atom stereocenters. The molecule has 22 heavy (non-hydrogen) atoms. The predicted molar refractivity (Wildman–Crippen MR) is 88.1 cm³/mol. The monoisotopic (exact) mass is 315 g/mol. The van der Waals surface area contributed by atoms with Gasteiger partial charge in [0, 0.05) is 11.1 Å². The Hall–Kier alpha value is -2.46. The summed E-state index contributed by atoms with van der Waals surface area (Å²) in [7, 11) is 3.16. The van der Waals surface area contributed by atoms with Crippen molar-refractivity contribution in [3.63, 3.8) is 0 Å². The summed E-state index contributed by atoms with van der Waals surface area (Å²) in [6, 6.07) is 12.6. The SMILES string of the molecule is COc1ccc2c(=O)[nH]c(-c3ccc(OC)c(Cl)c3)cc2c1. The molecule has 0 aliphatic rings. The largest absolute Gasteiger partial charge is 0.497 e. The van der Waals surface area contributed by atoms with E-state index in [0.717, 1.165) is 10.9 Å². The molecule has 0 atom stereocenters. The van der Waals surface area contributed by atoms with Crippen molar-refractivity contribution < 1.29 is 9.47 Å². The Labute approximate surface area is 132 Å². The first-order valence-electron chi connectivity index (χ1n) is 6.67. The van der Waals surface area contributed by atoms with Crippen LogP contribution in [0.4, 0.5) is 0 Å². The fraction of sp³-hybridized carbons (Fsp3) is 0.118. The second kappa shape index (κ2) is 5.73. The van der Waals surface area contributed by atoms with E-state index in [2.05, 4.69) is 4.98 Å². The number of hydrogen-bond acceptors (Lipinski definition) is 3. The van der Waals surface area contributed by atoms with Gasteiger partial charge in [-0.1, -0.05) is 11.6 Å². The Morgan fingerprint density at radius 2 is 1.82 bits per heavy atom. The number of H-pyrrole nitrogens is 1. The predicted octanol–water partition coefficient (Wildman–Crippen LogP) is 3.87. The third kappa shape index (κ3) is 2.53. The molecule has 1 heterocycles. The molecule has 0 saturated carbocycles. The number of rotatable bonds is 3. The Balaban J connectivity index is 2.18. The summed E-state index contributed by atoms with van der Waals surface area (Å²) in [5, 5.41) is 1.92. The minimum absolute atomic E-state index is 0.151. The molecule has 5 heteroatoms. The molecule has 0 aliphatic heterocycles. The fourth-order valence-electron chi connectivity index (χ4n) is 2.36. The minimum atomic E-state index is -0.151. The van der Waals surface area contributed by atoms with E-state index in [1.807, 2.05) is 18.2 Å². The first-order chi connectivity index (χ1) is 10.6. The second-order valence-corrected chi connectivity index (χ2v) is 5.22. The molecule has 4 nitrogen and oxygen atoms in total. The van der Waals surface area contributed by atoms with Gasteiger partial charge in [-0.15, -0.1) is 0 Å². The van der Waals surface area contributed by atoms with Crippen LogP contribution in [0.2, 0.25) is 5.02 Å². The molecule has 0 aliphatic carbocycles. The quantitative estimate of drug-likeness (QED) is 0.798. The van der Waals surface area contributed by atoms with Gasteiger partial charge in [-0.2, -0.15) is 0 Å². The van der Waals surface area contributed by atoms with Gasteiger partial charge >= 0.3 is 0 Å². The number of aromatic nitrogens is 1. The van der Waals surface area contributed by atoms with Gasteiger partial charge in [0.15, 0.2) is 0 Å². The van der Waals surface area contributed by atoms with Crippen LogP contribution in [0.3, 0.4) is 0 Å². The summed E-state index contributed by atoms with van der Waals surface area (Å²) in [6.07, 6.45) is 0. The van der Waals surface area contributed by atoms with Crippen molar-refractivity contribution in [1.82, 2.24) is 4.98 Å². The smallest absolute Gasteiger partial charge is 0.256 e. The van der Waals surface area contributed by atoms with Gasteiger partial charge in [0.2, 0.25) is 0 Å². The van der Waals surface area contributed by atoms with Crippen LogP contribution in [0, 0.1) is 0 Å². The lowest BCUT2D eigenvalue weighted by molar-refractivity contribution is 0.415. The Bertz CT molecular complexity index is 902. The third-order valence-electron chi connectivity index (χ3n) is 3.51. The number of hydrogen-bond donors (Lipinski definition) is 1. The van der Waals surface area contributed by atoms with Crippen LogP contribution in [-0.4, -0.2) is 19.2 Å². The first-order valence-corrected chi connectivity index (χ1v) is 7.05. The van der Waals surface area contributed by atoms with Crippen molar-refractivity contribution in [2.24, 2.45) is 0 Å². The van der Waals surface area contributed by atoms with Crippen LogP contribution in [-0.2, 0) is 0 Å². The Kier molecular flexibility index (Phi) is 3.77. The third-order valence-corrected chi connectivity index (χ3v) is 3.81. The maximum atomic E-state index is 12.2. The average molecular weight is 316 g/mol. The highest BCUT2D eigenvalue weighted by Gasteiger charge is 2.08. The highest BCUT2D eigenvalue weighted by Crippen LogP contribution is 2.30. The molecule has 0 saturated heterocycles. The summed E-state index contributed by atoms with van der Waals surface area (Å²) < 4.78 is 10.3. The van der Waals surface area contributed by atoms with E-state index in [1.54, 1.807) is 38.5 Å². The van der Waals surface area contributed by atoms with Crippen molar-refractivity contribution in [3.05, 3.63) is 57.8 Å². The number of benzene rings is 2. The number of pyridine rings is 1. The van der Waals surface area contributed by atoms with Crippen LogP contribution in [0.1, 0.15) is 0 Å². The molecule has 1 N–H and O–H groups in total. The van der Waals surface area contributed by atoms with E-state index < -0.39 is 0 Å². The number of fused-ring (bicyclic) bond motifs is 1. The van der Waals surface area contributed by atoms with E-state index in [-0.39, 0.29) is 5.56 Å². The lowest BCUT2D eigenvalue weighted by Gasteiger charge is -2.08. The van der Waals surface area contributed by atoms with Gasteiger partial charge in [0.05, 0.1) is 19.2 Å². The van der Waals surface area contributed by atoms with Crippen LogP contribution in [0.25, 0.3) is 22.0 Å². The minimum Gasteiger partial charge on any atom is -0.497 e. The molecule has 2 aromatic carbocycles. The molecule has 0 spiro atoms. The van der Waals surface area contributed by atoms with Crippen molar-refractivity contribution >= 4 is 22.4 Å². The van der Waals surface area contributed by atoms with Crippen LogP contribution < -0.4 is 15.0 Å². The summed E-state index contributed by atoms with van der Waals surface area (Å²) in [5.41, 5.74) is 1.35. The number of aromatic amines is 1. The second-order valence-electron chi connectivity index (χ2n) is 4.81. The van der Waals surface area contributed by atoms with Crippen molar-refractivity contribution in [2.75, 3.05) is 14.2 Å². The summed E-state index contributed by atoms with van der Waals surface area (Å²) in [6.45, 7) is 0. The maximum absolute atomic E-state index is 12.2. The van der Waals surface area contributed by atoms with E-state index in [9.17, 15) is 4.79 Å². The molecule has 0 fully saturated rings. The van der Waals surface area contributed by atoms with Crippen LogP contribution >= 0.6 is 11.6 Å². The summed E-state index contributed by atoms with van der Waals surface area (Å²) in [4.78, 5) is 15.1. The van der Waals surface area contributed by atoms with Gasteiger partial charge in [-0.3, -0.25) is 4.79 Å². The van der Waals surface area contributed by atoms with E-state index in [4.69, 9.17) is 21.1 Å². The molecule has 1 aromatic heterocycles. The van der Waals surface area contributed by atoms with E-state index in [1.165, 1.54) is 0 Å². The van der Waals surface area contributed by atoms with Crippen molar-refractivity contribution in [1.29, 1.82) is 0 Å². The van der Waals surface area contributed by atoms with Gasteiger partial charge in [0.25, 0.3) is 5.56 Å². The molecule has 0 radical (unpaired) electrons. The fourth-order valence-corrected chi connectivity index (χ4v) is 2.62. The average Bonchev–Trinajstić information content (AvgIpc) is 2.54. The number of ether oxygens (including phenoxy) is 2. The Morgan fingerprint density at radius 1 is 1.00 bits per heavy atom. The normalized spacial score (nSPS) is 10.7. The molecule has 3 rings (SSSR count). The zero-order valence-corrected chi connectivity index (χ0v) is 12.9. The van der Waals surface area contributed by atoms with Gasteiger partial charge in [0.1, 0.15) is 11.5 Å². The lowest BCUT2D eigenvalue weighted by atomic mass is 10.1. The number of methoxy groups -OCH3 is 2. The Morgan fingerprint density at radius 3 is 2.50 bits per heavy atom. The van der Waals surface area contributed by atoms with E-state index >= 15 is 0 Å². The van der Waals surface area contributed by atoms with Crippen molar-refractivity contribution in [2.45, 2.75) is 0 Å². The van der Waals surface area contributed by atoms with Gasteiger partial charge < -0.3 is 14.5 Å². The van der Waals surface area contributed by atoms with Crippen LogP contribution in [0.5, 0.6) is 11.5 Å². The highest BCUT2D eigenvalue weighted by atomic mass is 35.5. The zero-order chi connectivity index (χ0) is 15.7. The molecular weight excluding hydrogens is 302 g/mol. The topological polar surface area (TPSA) is 51.3 Å². The van der Waals surface area contributed by atoms with Crippen molar-refractivity contribution in [3.8, 4) is 22.8 Å². The molecule has 0 amide bonds. The molecule has 3 aromatic rings. The first kappa shape index (κ1) is 14.5. The lowest BCUT2D eigenvalue weighted by Crippen LogP contribution is -2.07. The summed E-state index contributed by atoms with van der Waals surface area (Å²) in [5.74, 6) is 1.30. The standard InChI is InChI=1S/C17H14ClNO3/c1-21-12-4-5-13-11(7-12)9-15(19-17(13)20)10-3-6-16(22-2)14(18)8-10/h3-9H,1-2H3,(H,19,20). The van der Waals surface area contributed by atoms with Gasteiger partial charge in [-0.05, 0) is 53.4 Å². The number of halogens is 1. The van der Waals surface area contributed by atoms with E-state index in [0.29, 0.717) is 27.6 Å². The van der Waals surface area contributed by atoms with Crippen LogP contribution in [0.15, 0.2) is 47.3 Å².